The average Bonchev–Trinajstić information content (AvgIpc) is 2.38. The fraction of sp³-hybridized carbons (Fsp3) is 0.583. The Morgan fingerprint density at radius 1 is 1.33 bits per heavy atom. The highest BCUT2D eigenvalue weighted by molar-refractivity contribution is 7.89. The van der Waals surface area contributed by atoms with Crippen LogP contribution in [-0.4, -0.2) is 50.6 Å². The lowest BCUT2D eigenvalue weighted by atomic mass is 10.2. The lowest BCUT2D eigenvalue weighted by molar-refractivity contribution is 0.458. The fourth-order valence-electron chi connectivity index (χ4n) is 1.57. The molecule has 6 heteroatoms. The van der Waals surface area contributed by atoms with Crippen molar-refractivity contribution in [3.05, 3.63) is 30.1 Å². The van der Waals surface area contributed by atoms with Crippen molar-refractivity contribution in [2.24, 2.45) is 0 Å². The van der Waals surface area contributed by atoms with Gasteiger partial charge in [0.2, 0.25) is 10.0 Å². The molecule has 0 aliphatic carbocycles. The molecule has 0 amide bonds. The molecule has 18 heavy (non-hydrogen) atoms. The summed E-state index contributed by atoms with van der Waals surface area (Å²) in [5, 5.41) is 3.00. The number of aryl methyl sites for hydroxylation is 1. The Kier molecular flexibility index (Phi) is 6.24. The van der Waals surface area contributed by atoms with Gasteiger partial charge in [0.15, 0.2) is 0 Å². The molecule has 0 radical (unpaired) electrons. The lowest BCUT2D eigenvalue weighted by Gasteiger charge is -2.16. The monoisotopic (exact) mass is 271 g/mol. The second-order valence-electron chi connectivity index (χ2n) is 4.20. The molecule has 0 aliphatic heterocycles. The van der Waals surface area contributed by atoms with Gasteiger partial charge in [-0.2, -0.15) is 0 Å². The Morgan fingerprint density at radius 3 is 2.61 bits per heavy atom. The minimum atomic E-state index is -3.15. The first kappa shape index (κ1) is 15.1. The van der Waals surface area contributed by atoms with Gasteiger partial charge >= 0.3 is 0 Å². The van der Waals surface area contributed by atoms with Gasteiger partial charge in [0.05, 0.1) is 5.75 Å². The third kappa shape index (κ3) is 5.12. The summed E-state index contributed by atoms with van der Waals surface area (Å²) in [6.07, 6.45) is 4.71. The minimum absolute atomic E-state index is 0.146. The van der Waals surface area contributed by atoms with E-state index in [0.29, 0.717) is 13.0 Å². The van der Waals surface area contributed by atoms with Crippen molar-refractivity contribution in [2.75, 3.05) is 32.9 Å². The predicted molar refractivity (Wildman–Crippen MR) is 72.9 cm³/mol. The molecule has 5 nitrogen and oxygen atoms in total. The molecule has 0 aliphatic rings. The number of pyridine rings is 1. The van der Waals surface area contributed by atoms with Crippen LogP contribution in [0.15, 0.2) is 24.5 Å². The summed E-state index contributed by atoms with van der Waals surface area (Å²) in [7, 11) is 0.342. The van der Waals surface area contributed by atoms with E-state index in [4.69, 9.17) is 0 Å². The number of hydrogen-bond acceptors (Lipinski definition) is 4. The molecule has 0 fully saturated rings. The van der Waals surface area contributed by atoms with Crippen LogP contribution in [0.2, 0.25) is 0 Å². The first-order valence-corrected chi connectivity index (χ1v) is 7.64. The summed E-state index contributed by atoms with van der Waals surface area (Å²) >= 11 is 0. The van der Waals surface area contributed by atoms with Crippen LogP contribution >= 0.6 is 0 Å². The smallest absolute Gasteiger partial charge is 0.214 e. The van der Waals surface area contributed by atoms with Crippen LogP contribution in [-0.2, 0) is 16.4 Å². The predicted octanol–water partition coefficient (Wildman–Crippen LogP) is 0.495. The Bertz CT molecular complexity index is 434. The summed E-state index contributed by atoms with van der Waals surface area (Å²) in [6, 6.07) is 3.69. The minimum Gasteiger partial charge on any atom is -0.320 e. The first-order valence-electron chi connectivity index (χ1n) is 6.04. The molecule has 0 spiro atoms. The molecule has 0 aromatic carbocycles. The number of aromatic nitrogens is 1. The van der Waals surface area contributed by atoms with Crippen molar-refractivity contribution in [2.45, 2.75) is 12.8 Å². The molecular weight excluding hydrogens is 250 g/mol. The summed E-state index contributed by atoms with van der Waals surface area (Å²) in [5.74, 6) is 0.146. The molecule has 1 rings (SSSR count). The second kappa shape index (κ2) is 7.45. The summed E-state index contributed by atoms with van der Waals surface area (Å²) in [4.78, 5) is 3.91. The Labute approximate surface area is 109 Å². The molecule has 0 saturated carbocycles. The third-order valence-corrected chi connectivity index (χ3v) is 4.63. The quantitative estimate of drug-likeness (QED) is 0.699. The maximum absolute atomic E-state index is 12.0. The van der Waals surface area contributed by atoms with Crippen LogP contribution in [0, 0.1) is 0 Å². The standard InChI is InChI=1S/C12H21N3O2S/c1-13-7-3-10-15(2)18(16,17)11-6-12-4-8-14-9-5-12/h4-5,8-9,13H,3,6-7,10-11H2,1-2H3. The van der Waals surface area contributed by atoms with Gasteiger partial charge in [-0.1, -0.05) is 0 Å². The van der Waals surface area contributed by atoms with Crippen LogP contribution in [0.4, 0.5) is 0 Å². The average molecular weight is 271 g/mol. The van der Waals surface area contributed by atoms with Gasteiger partial charge in [-0.3, -0.25) is 4.98 Å². The van der Waals surface area contributed by atoms with Crippen LogP contribution in [0.25, 0.3) is 0 Å². The van der Waals surface area contributed by atoms with E-state index >= 15 is 0 Å². The lowest BCUT2D eigenvalue weighted by Crippen LogP contribution is -2.32. The molecule has 0 bridgehead atoms. The van der Waals surface area contributed by atoms with Crippen molar-refractivity contribution in [3.63, 3.8) is 0 Å². The van der Waals surface area contributed by atoms with Crippen molar-refractivity contribution < 1.29 is 8.42 Å². The largest absolute Gasteiger partial charge is 0.320 e. The van der Waals surface area contributed by atoms with Crippen molar-refractivity contribution >= 4 is 10.0 Å². The van der Waals surface area contributed by atoms with Crippen molar-refractivity contribution in [1.29, 1.82) is 0 Å². The van der Waals surface area contributed by atoms with E-state index in [1.54, 1.807) is 19.4 Å². The Hall–Kier alpha value is -0.980. The van der Waals surface area contributed by atoms with E-state index in [1.807, 2.05) is 19.2 Å². The van der Waals surface area contributed by atoms with E-state index in [9.17, 15) is 8.42 Å². The van der Waals surface area contributed by atoms with E-state index in [-0.39, 0.29) is 5.75 Å². The third-order valence-electron chi connectivity index (χ3n) is 2.77. The molecule has 102 valence electrons. The first-order chi connectivity index (χ1) is 8.56. The normalized spacial score (nSPS) is 11.9. The molecule has 0 unspecified atom stereocenters. The van der Waals surface area contributed by atoms with Gasteiger partial charge < -0.3 is 5.32 Å². The highest BCUT2D eigenvalue weighted by Gasteiger charge is 2.16. The number of nitrogens with one attached hydrogen (secondary N) is 1. The van der Waals surface area contributed by atoms with E-state index in [2.05, 4.69) is 10.3 Å². The Balaban J connectivity index is 2.44. The SMILES string of the molecule is CNCCCN(C)S(=O)(=O)CCc1ccncc1. The van der Waals surface area contributed by atoms with Crippen LogP contribution < -0.4 is 5.32 Å². The molecular formula is C12H21N3O2S. The van der Waals surface area contributed by atoms with Gasteiger partial charge in [-0.05, 0) is 44.1 Å². The van der Waals surface area contributed by atoms with Gasteiger partial charge in [0.1, 0.15) is 0 Å². The topological polar surface area (TPSA) is 62.3 Å². The van der Waals surface area contributed by atoms with Crippen LogP contribution in [0.1, 0.15) is 12.0 Å². The molecule has 0 saturated heterocycles. The van der Waals surface area contributed by atoms with Gasteiger partial charge in [0.25, 0.3) is 0 Å². The van der Waals surface area contributed by atoms with E-state index < -0.39 is 10.0 Å². The van der Waals surface area contributed by atoms with Gasteiger partial charge in [-0.15, -0.1) is 0 Å². The Morgan fingerprint density at radius 2 is 2.00 bits per heavy atom. The highest BCUT2D eigenvalue weighted by atomic mass is 32.2. The van der Waals surface area contributed by atoms with Crippen LogP contribution in [0.3, 0.4) is 0 Å². The van der Waals surface area contributed by atoms with Crippen molar-refractivity contribution in [1.82, 2.24) is 14.6 Å². The second-order valence-corrected chi connectivity index (χ2v) is 6.40. The highest BCUT2D eigenvalue weighted by Crippen LogP contribution is 2.04. The van der Waals surface area contributed by atoms with Gasteiger partial charge in [-0.25, -0.2) is 12.7 Å². The maximum atomic E-state index is 12.0. The van der Waals surface area contributed by atoms with Crippen LogP contribution in [0.5, 0.6) is 0 Å². The van der Waals surface area contributed by atoms with Crippen molar-refractivity contribution in [3.8, 4) is 0 Å². The zero-order valence-electron chi connectivity index (χ0n) is 11.0. The number of nitrogens with zero attached hydrogens (tertiary/aromatic N) is 2. The van der Waals surface area contributed by atoms with E-state index in [0.717, 1.165) is 18.5 Å². The fourth-order valence-corrected chi connectivity index (χ4v) is 2.78. The number of rotatable bonds is 8. The molecule has 1 heterocycles. The molecule has 1 aromatic heterocycles. The summed E-state index contributed by atoms with van der Waals surface area (Å²) in [5.41, 5.74) is 0.997. The molecule has 0 atom stereocenters. The van der Waals surface area contributed by atoms with E-state index in [1.165, 1.54) is 4.31 Å². The van der Waals surface area contributed by atoms with Gasteiger partial charge in [0, 0.05) is 26.0 Å². The maximum Gasteiger partial charge on any atom is 0.214 e. The summed E-state index contributed by atoms with van der Waals surface area (Å²) in [6.45, 7) is 1.38. The number of sulfonamides is 1. The molecule has 1 aromatic rings. The number of hydrogen-bond donors (Lipinski definition) is 1. The zero-order valence-corrected chi connectivity index (χ0v) is 11.8. The molecule has 1 N–H and O–H groups in total. The zero-order chi connectivity index (χ0) is 13.4. The summed E-state index contributed by atoms with van der Waals surface area (Å²) < 4.78 is 25.4.